The van der Waals surface area contributed by atoms with E-state index in [1.54, 1.807) is 0 Å². The van der Waals surface area contributed by atoms with Crippen molar-refractivity contribution in [1.82, 2.24) is 9.80 Å². The fourth-order valence-corrected chi connectivity index (χ4v) is 3.30. The van der Waals surface area contributed by atoms with Gasteiger partial charge in [-0.15, -0.1) is 0 Å². The van der Waals surface area contributed by atoms with E-state index in [1.807, 2.05) is 11.8 Å². The summed E-state index contributed by atoms with van der Waals surface area (Å²) in [5.41, 5.74) is 0. The SMILES string of the molecule is CCCC(N1CCN(CCO)CC1)S(=O)(=O)O.[H-].[Na+]. The van der Waals surface area contributed by atoms with Crippen LogP contribution in [0.15, 0.2) is 0 Å². The number of nitrogens with zero attached hydrogens (tertiary/aromatic N) is 2. The van der Waals surface area contributed by atoms with Crippen LogP contribution in [0.3, 0.4) is 0 Å². The Morgan fingerprint density at radius 3 is 2.22 bits per heavy atom. The van der Waals surface area contributed by atoms with Crippen LogP contribution < -0.4 is 29.6 Å². The van der Waals surface area contributed by atoms with Gasteiger partial charge in [-0.25, -0.2) is 0 Å². The molecule has 0 saturated carbocycles. The monoisotopic (exact) mass is 290 g/mol. The van der Waals surface area contributed by atoms with Crippen molar-refractivity contribution in [2.24, 2.45) is 0 Å². The molecule has 2 N–H and O–H groups in total. The minimum atomic E-state index is -4.00. The molecule has 8 heteroatoms. The zero-order valence-corrected chi connectivity index (χ0v) is 14.1. The normalized spacial score (nSPS) is 20.4. The molecule has 0 aromatic carbocycles. The molecule has 1 aliphatic heterocycles. The number of β-amino-alcohol motifs (C(OH)–C–C–N with tert-alkyl or cyclic N) is 1. The summed E-state index contributed by atoms with van der Waals surface area (Å²) in [4.78, 5) is 3.90. The first-order valence-corrected chi connectivity index (χ1v) is 7.53. The van der Waals surface area contributed by atoms with Gasteiger partial charge in [-0.2, -0.15) is 8.42 Å². The molecule has 1 fully saturated rings. The molecule has 1 atom stereocenters. The molecule has 0 aromatic rings. The third-order valence-electron chi connectivity index (χ3n) is 3.11. The minimum absolute atomic E-state index is 0. The molecule has 104 valence electrons. The van der Waals surface area contributed by atoms with Crippen LogP contribution in [-0.4, -0.2) is 72.6 Å². The Morgan fingerprint density at radius 1 is 1.28 bits per heavy atom. The number of hydrogen-bond donors (Lipinski definition) is 2. The van der Waals surface area contributed by atoms with Gasteiger partial charge in [0.2, 0.25) is 0 Å². The van der Waals surface area contributed by atoms with Crippen LogP contribution in [0, 0.1) is 0 Å². The summed E-state index contributed by atoms with van der Waals surface area (Å²) < 4.78 is 31.8. The Balaban J connectivity index is 0. The van der Waals surface area contributed by atoms with Crippen molar-refractivity contribution >= 4 is 10.1 Å². The third-order valence-corrected chi connectivity index (χ3v) is 4.33. The maximum atomic E-state index is 11.3. The molecular formula is C10H23N2NaO4S. The zero-order chi connectivity index (χ0) is 12.9. The van der Waals surface area contributed by atoms with Crippen molar-refractivity contribution in [1.29, 1.82) is 0 Å². The van der Waals surface area contributed by atoms with Crippen LogP contribution in [0.2, 0.25) is 0 Å². The summed E-state index contributed by atoms with van der Waals surface area (Å²) in [7, 11) is -4.00. The Morgan fingerprint density at radius 2 is 1.83 bits per heavy atom. The molecule has 1 saturated heterocycles. The topological polar surface area (TPSA) is 81.1 Å². The Bertz CT molecular complexity index is 323. The Labute approximate surface area is 133 Å². The molecule has 1 aliphatic rings. The fraction of sp³-hybridized carbons (Fsp3) is 1.00. The van der Waals surface area contributed by atoms with Crippen LogP contribution in [0.25, 0.3) is 0 Å². The molecule has 18 heavy (non-hydrogen) atoms. The van der Waals surface area contributed by atoms with E-state index < -0.39 is 15.5 Å². The molecule has 0 radical (unpaired) electrons. The maximum Gasteiger partial charge on any atom is 1.00 e. The van der Waals surface area contributed by atoms with Crippen molar-refractivity contribution in [3.05, 3.63) is 0 Å². The van der Waals surface area contributed by atoms with Crippen molar-refractivity contribution in [3.8, 4) is 0 Å². The first-order valence-electron chi connectivity index (χ1n) is 6.02. The minimum Gasteiger partial charge on any atom is -1.00 e. The van der Waals surface area contributed by atoms with Gasteiger partial charge in [-0.3, -0.25) is 14.4 Å². The van der Waals surface area contributed by atoms with E-state index in [9.17, 15) is 13.0 Å². The van der Waals surface area contributed by atoms with Crippen LogP contribution >= 0.6 is 0 Å². The summed E-state index contributed by atoms with van der Waals surface area (Å²) in [6.07, 6.45) is 1.18. The predicted molar refractivity (Wildman–Crippen MR) is 66.5 cm³/mol. The Kier molecular flexibility index (Phi) is 9.25. The summed E-state index contributed by atoms with van der Waals surface area (Å²) in [5, 5.41) is 8.04. The quantitative estimate of drug-likeness (QED) is 0.395. The van der Waals surface area contributed by atoms with E-state index >= 15 is 0 Å². The van der Waals surface area contributed by atoms with Gasteiger partial charge < -0.3 is 6.53 Å². The summed E-state index contributed by atoms with van der Waals surface area (Å²) in [5.74, 6) is 0. The standard InChI is InChI=1S/C10H22N2O4S.Na.H/c1-2-3-10(17(14,15)16)12-6-4-11(5-7-12)8-9-13;;/h10,13H,2-9H2,1H3,(H,14,15,16);;/q;+1;-1. The molecule has 0 spiro atoms. The molecule has 1 heterocycles. The van der Waals surface area contributed by atoms with E-state index in [4.69, 9.17) is 5.11 Å². The van der Waals surface area contributed by atoms with Gasteiger partial charge >= 0.3 is 29.6 Å². The predicted octanol–water partition coefficient (Wildman–Crippen LogP) is -3.27. The molecule has 0 aliphatic carbocycles. The van der Waals surface area contributed by atoms with Gasteiger partial charge in [-0.1, -0.05) is 13.3 Å². The average molecular weight is 290 g/mol. The van der Waals surface area contributed by atoms with Crippen LogP contribution in [0.5, 0.6) is 0 Å². The van der Waals surface area contributed by atoms with Gasteiger partial charge in [-0.05, 0) is 6.42 Å². The summed E-state index contributed by atoms with van der Waals surface area (Å²) in [6, 6.07) is 0. The first kappa shape index (κ1) is 18.8. The van der Waals surface area contributed by atoms with Crippen molar-refractivity contribution in [2.75, 3.05) is 39.3 Å². The van der Waals surface area contributed by atoms with Crippen LogP contribution in [-0.2, 0) is 10.1 Å². The van der Waals surface area contributed by atoms with Crippen molar-refractivity contribution in [3.63, 3.8) is 0 Å². The van der Waals surface area contributed by atoms with Gasteiger partial charge in [0.25, 0.3) is 10.1 Å². The number of rotatable bonds is 6. The molecule has 0 aromatic heterocycles. The second kappa shape index (κ2) is 8.86. The third kappa shape index (κ3) is 5.83. The molecule has 6 nitrogen and oxygen atoms in total. The summed E-state index contributed by atoms with van der Waals surface area (Å²) >= 11 is 0. The average Bonchev–Trinajstić information content (AvgIpc) is 2.26. The van der Waals surface area contributed by atoms with E-state index in [-0.39, 0.29) is 37.6 Å². The molecule has 1 rings (SSSR count). The van der Waals surface area contributed by atoms with Gasteiger partial charge in [0.05, 0.1) is 6.61 Å². The van der Waals surface area contributed by atoms with Crippen molar-refractivity contribution < 1.29 is 49.1 Å². The largest absolute Gasteiger partial charge is 1.00 e. The molecule has 1 unspecified atom stereocenters. The first-order chi connectivity index (χ1) is 7.99. The van der Waals surface area contributed by atoms with Crippen LogP contribution in [0.4, 0.5) is 0 Å². The van der Waals surface area contributed by atoms with E-state index in [0.29, 0.717) is 26.1 Å². The molecule has 0 bridgehead atoms. The number of piperazine rings is 1. The van der Waals surface area contributed by atoms with Gasteiger partial charge in [0, 0.05) is 32.7 Å². The second-order valence-corrected chi connectivity index (χ2v) is 5.93. The number of aliphatic hydroxyl groups is 1. The fourth-order valence-electron chi connectivity index (χ4n) is 2.18. The number of hydrogen-bond acceptors (Lipinski definition) is 5. The van der Waals surface area contributed by atoms with Gasteiger partial charge in [0.15, 0.2) is 0 Å². The second-order valence-electron chi connectivity index (χ2n) is 4.36. The van der Waals surface area contributed by atoms with Crippen LogP contribution in [0.1, 0.15) is 21.2 Å². The maximum absolute atomic E-state index is 11.3. The summed E-state index contributed by atoms with van der Waals surface area (Å²) in [6.45, 7) is 5.34. The van der Waals surface area contributed by atoms with E-state index in [1.165, 1.54) is 0 Å². The number of aliphatic hydroxyl groups excluding tert-OH is 1. The van der Waals surface area contributed by atoms with E-state index in [2.05, 4.69) is 4.90 Å². The van der Waals surface area contributed by atoms with Crippen molar-refractivity contribution in [2.45, 2.75) is 25.1 Å². The smallest absolute Gasteiger partial charge is 1.00 e. The van der Waals surface area contributed by atoms with Gasteiger partial charge in [0.1, 0.15) is 5.37 Å². The Hall–Kier alpha value is 0.790. The molecule has 0 amide bonds. The molecular weight excluding hydrogens is 267 g/mol. The zero-order valence-electron chi connectivity index (χ0n) is 12.2. The van der Waals surface area contributed by atoms with E-state index in [0.717, 1.165) is 19.5 Å².